The largest absolute Gasteiger partial charge is 0.444 e. The Bertz CT molecular complexity index is 474. The Hall–Kier alpha value is -1.34. The summed E-state index contributed by atoms with van der Waals surface area (Å²) in [5.41, 5.74) is 0. The first-order chi connectivity index (χ1) is 9.06. The lowest BCUT2D eigenvalue weighted by Gasteiger charge is -2.31. The van der Waals surface area contributed by atoms with Gasteiger partial charge in [-0.05, 0) is 35.0 Å². The molecule has 1 atom stereocenters. The summed E-state index contributed by atoms with van der Waals surface area (Å²) in [7, 11) is 0. The molecule has 0 bridgehead atoms. The van der Waals surface area contributed by atoms with Crippen molar-refractivity contribution in [2.75, 3.05) is 26.2 Å². The Morgan fingerprint density at radius 1 is 1.53 bits per heavy atom. The van der Waals surface area contributed by atoms with Crippen LogP contribution in [0.3, 0.4) is 0 Å². The van der Waals surface area contributed by atoms with Crippen LogP contribution in [-0.2, 0) is 9.53 Å². The molecule has 6 nitrogen and oxygen atoms in total. The van der Waals surface area contributed by atoms with Crippen LogP contribution >= 0.6 is 15.9 Å². The van der Waals surface area contributed by atoms with E-state index in [0.29, 0.717) is 24.4 Å². The van der Waals surface area contributed by atoms with E-state index in [9.17, 15) is 9.59 Å². The highest BCUT2D eigenvalue weighted by Crippen LogP contribution is 2.13. The van der Waals surface area contributed by atoms with Crippen LogP contribution in [0, 0.1) is 0 Å². The number of morpholine rings is 1. The standard InChI is InChI=1S/C12H15BrN2O4/c1-8-7-15(4-5-18-8)11(16)6-14-12(17)9-2-3-10(13)19-9/h2-3,8H,4-7H2,1H3,(H,14,17). The summed E-state index contributed by atoms with van der Waals surface area (Å²) in [5.74, 6) is -0.343. The fourth-order valence-corrected chi connectivity index (χ4v) is 2.14. The van der Waals surface area contributed by atoms with Gasteiger partial charge in [-0.1, -0.05) is 0 Å². The second-order valence-electron chi connectivity index (χ2n) is 4.31. The van der Waals surface area contributed by atoms with Crippen LogP contribution in [0.2, 0.25) is 0 Å². The molecular weight excluding hydrogens is 316 g/mol. The summed E-state index contributed by atoms with van der Waals surface area (Å²) in [6.45, 7) is 3.53. The zero-order chi connectivity index (χ0) is 13.8. The first kappa shape index (κ1) is 14.1. The van der Waals surface area contributed by atoms with Crippen LogP contribution in [0.25, 0.3) is 0 Å². The Morgan fingerprint density at radius 2 is 2.32 bits per heavy atom. The second kappa shape index (κ2) is 6.21. The van der Waals surface area contributed by atoms with Gasteiger partial charge in [-0.3, -0.25) is 9.59 Å². The number of carbonyl (C=O) groups excluding carboxylic acids is 2. The molecule has 19 heavy (non-hydrogen) atoms. The monoisotopic (exact) mass is 330 g/mol. The van der Waals surface area contributed by atoms with Gasteiger partial charge in [0.1, 0.15) is 0 Å². The minimum Gasteiger partial charge on any atom is -0.444 e. The molecule has 0 spiro atoms. The predicted octanol–water partition coefficient (Wildman–Crippen LogP) is 1.02. The van der Waals surface area contributed by atoms with Gasteiger partial charge >= 0.3 is 0 Å². The number of hydrogen-bond donors (Lipinski definition) is 1. The van der Waals surface area contributed by atoms with Crippen molar-refractivity contribution in [2.24, 2.45) is 0 Å². The van der Waals surface area contributed by atoms with E-state index in [4.69, 9.17) is 9.15 Å². The van der Waals surface area contributed by atoms with E-state index in [0.717, 1.165) is 0 Å². The van der Waals surface area contributed by atoms with Gasteiger partial charge in [-0.15, -0.1) is 0 Å². The molecule has 2 heterocycles. The van der Waals surface area contributed by atoms with Crippen molar-refractivity contribution in [1.82, 2.24) is 10.2 Å². The maximum absolute atomic E-state index is 11.9. The maximum atomic E-state index is 11.9. The van der Waals surface area contributed by atoms with E-state index in [1.165, 1.54) is 0 Å². The van der Waals surface area contributed by atoms with Gasteiger partial charge in [0.25, 0.3) is 5.91 Å². The van der Waals surface area contributed by atoms with E-state index in [1.807, 2.05) is 6.92 Å². The third kappa shape index (κ3) is 3.81. The molecular formula is C12H15BrN2O4. The summed E-state index contributed by atoms with van der Waals surface area (Å²) >= 11 is 3.11. The van der Waals surface area contributed by atoms with Crippen molar-refractivity contribution in [2.45, 2.75) is 13.0 Å². The molecule has 1 fully saturated rings. The Morgan fingerprint density at radius 3 is 2.95 bits per heavy atom. The van der Waals surface area contributed by atoms with Gasteiger partial charge in [0, 0.05) is 13.1 Å². The average molecular weight is 331 g/mol. The maximum Gasteiger partial charge on any atom is 0.287 e. The van der Waals surface area contributed by atoms with Crippen LogP contribution in [0.5, 0.6) is 0 Å². The summed E-state index contributed by atoms with van der Waals surface area (Å²) in [6.07, 6.45) is 0.0365. The Kier molecular flexibility index (Phi) is 4.60. The SMILES string of the molecule is CC1CN(C(=O)CNC(=O)c2ccc(Br)o2)CCO1. The van der Waals surface area contributed by atoms with Crippen molar-refractivity contribution < 1.29 is 18.7 Å². The van der Waals surface area contributed by atoms with Crippen LogP contribution < -0.4 is 5.32 Å². The highest BCUT2D eigenvalue weighted by atomic mass is 79.9. The van der Waals surface area contributed by atoms with Crippen LogP contribution in [0.1, 0.15) is 17.5 Å². The van der Waals surface area contributed by atoms with E-state index in [2.05, 4.69) is 21.2 Å². The fraction of sp³-hybridized carbons (Fsp3) is 0.500. The molecule has 1 unspecified atom stereocenters. The van der Waals surface area contributed by atoms with Crippen LogP contribution in [0.15, 0.2) is 21.2 Å². The lowest BCUT2D eigenvalue weighted by Crippen LogP contribution is -2.48. The van der Waals surface area contributed by atoms with E-state index in [-0.39, 0.29) is 24.3 Å². The number of nitrogens with one attached hydrogen (secondary N) is 1. The second-order valence-corrected chi connectivity index (χ2v) is 5.09. The highest BCUT2D eigenvalue weighted by molar-refractivity contribution is 9.10. The summed E-state index contributed by atoms with van der Waals surface area (Å²) < 4.78 is 10.9. The minimum absolute atomic E-state index is 0.0365. The molecule has 1 saturated heterocycles. The van der Waals surface area contributed by atoms with Gasteiger partial charge in [0.2, 0.25) is 5.91 Å². The average Bonchev–Trinajstić information content (AvgIpc) is 2.82. The summed E-state index contributed by atoms with van der Waals surface area (Å²) in [5, 5.41) is 2.54. The van der Waals surface area contributed by atoms with Gasteiger partial charge in [-0.2, -0.15) is 0 Å². The third-order valence-electron chi connectivity index (χ3n) is 2.79. The molecule has 1 aromatic heterocycles. The van der Waals surface area contributed by atoms with Gasteiger partial charge in [0.15, 0.2) is 10.4 Å². The van der Waals surface area contributed by atoms with Crippen molar-refractivity contribution in [3.8, 4) is 0 Å². The number of furan rings is 1. The summed E-state index contributed by atoms with van der Waals surface area (Å²) in [6, 6.07) is 3.17. The van der Waals surface area contributed by atoms with E-state index >= 15 is 0 Å². The molecule has 1 N–H and O–H groups in total. The van der Waals surface area contributed by atoms with Crippen molar-refractivity contribution >= 4 is 27.7 Å². The van der Waals surface area contributed by atoms with Crippen molar-refractivity contribution in [3.05, 3.63) is 22.6 Å². The number of carbonyl (C=O) groups is 2. The number of nitrogens with zero attached hydrogens (tertiary/aromatic N) is 1. The van der Waals surface area contributed by atoms with Crippen molar-refractivity contribution in [3.63, 3.8) is 0 Å². The lowest BCUT2D eigenvalue weighted by molar-refractivity contribution is -0.137. The normalized spacial score (nSPS) is 19.3. The van der Waals surface area contributed by atoms with Gasteiger partial charge in [0.05, 0.1) is 19.3 Å². The quantitative estimate of drug-likeness (QED) is 0.898. The van der Waals surface area contributed by atoms with Crippen molar-refractivity contribution in [1.29, 1.82) is 0 Å². The molecule has 7 heteroatoms. The van der Waals surface area contributed by atoms with E-state index < -0.39 is 5.91 Å². The molecule has 0 aliphatic carbocycles. The molecule has 104 valence electrons. The van der Waals surface area contributed by atoms with Gasteiger partial charge < -0.3 is 19.4 Å². The smallest absolute Gasteiger partial charge is 0.287 e. The predicted molar refractivity (Wildman–Crippen MR) is 70.7 cm³/mol. The zero-order valence-electron chi connectivity index (χ0n) is 10.5. The number of ether oxygens (including phenoxy) is 1. The molecule has 0 aromatic carbocycles. The van der Waals surface area contributed by atoms with Gasteiger partial charge in [-0.25, -0.2) is 0 Å². The zero-order valence-corrected chi connectivity index (χ0v) is 12.1. The molecule has 1 aromatic rings. The Labute approximate surface area is 119 Å². The molecule has 2 rings (SSSR count). The molecule has 0 radical (unpaired) electrons. The van der Waals surface area contributed by atoms with Crippen LogP contribution in [-0.4, -0.2) is 49.1 Å². The topological polar surface area (TPSA) is 71.8 Å². The first-order valence-corrected chi connectivity index (χ1v) is 6.78. The lowest BCUT2D eigenvalue weighted by atomic mass is 10.3. The number of rotatable bonds is 3. The number of amides is 2. The summed E-state index contributed by atoms with van der Waals surface area (Å²) in [4.78, 5) is 25.3. The highest BCUT2D eigenvalue weighted by Gasteiger charge is 2.22. The fourth-order valence-electron chi connectivity index (χ4n) is 1.84. The van der Waals surface area contributed by atoms with E-state index in [1.54, 1.807) is 17.0 Å². The number of hydrogen-bond acceptors (Lipinski definition) is 4. The molecule has 2 amide bonds. The minimum atomic E-state index is -0.402. The molecule has 1 aliphatic rings. The Balaban J connectivity index is 1.81. The molecule has 0 saturated carbocycles. The first-order valence-electron chi connectivity index (χ1n) is 5.99. The third-order valence-corrected chi connectivity index (χ3v) is 3.22. The van der Waals surface area contributed by atoms with Crippen LogP contribution in [0.4, 0.5) is 0 Å². The molecule has 1 aliphatic heterocycles. The number of halogens is 1.